The third-order valence-electron chi connectivity index (χ3n) is 2.92. The first kappa shape index (κ1) is 15.9. The number of benzene rings is 2. The molecular formula is C16H15NO4S. The number of hydrogen-bond donors (Lipinski definition) is 1. The second kappa shape index (κ2) is 7.00. The van der Waals surface area contributed by atoms with Crippen LogP contribution in [0.15, 0.2) is 52.3 Å². The van der Waals surface area contributed by atoms with Crippen molar-refractivity contribution in [1.29, 1.82) is 0 Å². The predicted molar refractivity (Wildman–Crippen MR) is 84.1 cm³/mol. The van der Waals surface area contributed by atoms with Crippen molar-refractivity contribution in [3.8, 4) is 0 Å². The Kier molecular flexibility index (Phi) is 5.06. The highest BCUT2D eigenvalue weighted by molar-refractivity contribution is 7.99. The zero-order valence-electron chi connectivity index (χ0n) is 12.2. The molecule has 0 unspecified atom stereocenters. The SMILES string of the molecule is COC(=O)c1ccccc1Sc1ccc(N)cc1C(=O)OC. The maximum Gasteiger partial charge on any atom is 0.339 e. The maximum atomic E-state index is 11.9. The summed E-state index contributed by atoms with van der Waals surface area (Å²) in [6.45, 7) is 0. The first-order chi connectivity index (χ1) is 10.6. The number of nitrogens with two attached hydrogens (primary N) is 1. The van der Waals surface area contributed by atoms with Crippen LogP contribution in [0.3, 0.4) is 0 Å². The largest absolute Gasteiger partial charge is 0.465 e. The van der Waals surface area contributed by atoms with Crippen LogP contribution in [0.2, 0.25) is 0 Å². The van der Waals surface area contributed by atoms with E-state index in [0.717, 1.165) is 0 Å². The van der Waals surface area contributed by atoms with Crippen molar-refractivity contribution in [3.63, 3.8) is 0 Å². The van der Waals surface area contributed by atoms with Crippen LogP contribution >= 0.6 is 11.8 Å². The van der Waals surface area contributed by atoms with Gasteiger partial charge in [-0.2, -0.15) is 0 Å². The Morgan fingerprint density at radius 1 is 0.909 bits per heavy atom. The highest BCUT2D eigenvalue weighted by Gasteiger charge is 2.17. The zero-order chi connectivity index (χ0) is 16.1. The minimum absolute atomic E-state index is 0.354. The van der Waals surface area contributed by atoms with E-state index in [1.165, 1.54) is 26.0 Å². The molecule has 0 amide bonds. The van der Waals surface area contributed by atoms with Crippen molar-refractivity contribution in [2.75, 3.05) is 20.0 Å². The highest BCUT2D eigenvalue weighted by Crippen LogP contribution is 2.34. The molecule has 0 spiro atoms. The Labute approximate surface area is 132 Å². The minimum Gasteiger partial charge on any atom is -0.465 e. The minimum atomic E-state index is -0.481. The van der Waals surface area contributed by atoms with Gasteiger partial charge in [0.25, 0.3) is 0 Å². The van der Waals surface area contributed by atoms with E-state index in [9.17, 15) is 9.59 Å². The average molecular weight is 317 g/mol. The van der Waals surface area contributed by atoms with Gasteiger partial charge in [0.2, 0.25) is 0 Å². The molecule has 2 aromatic rings. The Morgan fingerprint density at radius 3 is 2.18 bits per heavy atom. The summed E-state index contributed by atoms with van der Waals surface area (Å²) in [5.74, 6) is -0.913. The summed E-state index contributed by atoms with van der Waals surface area (Å²) in [5, 5.41) is 0. The van der Waals surface area contributed by atoms with E-state index in [1.54, 1.807) is 36.4 Å². The van der Waals surface area contributed by atoms with Gasteiger partial charge in [0.15, 0.2) is 0 Å². The first-order valence-electron chi connectivity index (χ1n) is 6.40. The fourth-order valence-electron chi connectivity index (χ4n) is 1.86. The fourth-order valence-corrected chi connectivity index (χ4v) is 2.89. The molecule has 2 aromatic carbocycles. The molecule has 0 fully saturated rings. The Hall–Kier alpha value is -2.47. The lowest BCUT2D eigenvalue weighted by molar-refractivity contribution is 0.0589. The molecule has 0 saturated heterocycles. The van der Waals surface area contributed by atoms with Gasteiger partial charge in [0.1, 0.15) is 0 Å². The summed E-state index contributed by atoms with van der Waals surface area (Å²) >= 11 is 1.28. The van der Waals surface area contributed by atoms with E-state index in [0.29, 0.717) is 26.6 Å². The van der Waals surface area contributed by atoms with Gasteiger partial charge in [-0.15, -0.1) is 0 Å². The molecule has 0 aromatic heterocycles. The van der Waals surface area contributed by atoms with Crippen molar-refractivity contribution in [2.24, 2.45) is 0 Å². The second-order valence-corrected chi connectivity index (χ2v) is 5.42. The van der Waals surface area contributed by atoms with Crippen LogP contribution in [0.5, 0.6) is 0 Å². The third-order valence-corrected chi connectivity index (χ3v) is 4.07. The number of anilines is 1. The molecule has 2 rings (SSSR count). The second-order valence-electron chi connectivity index (χ2n) is 4.34. The van der Waals surface area contributed by atoms with Crippen LogP contribution in [0, 0.1) is 0 Å². The van der Waals surface area contributed by atoms with Crippen molar-refractivity contribution in [1.82, 2.24) is 0 Å². The molecule has 22 heavy (non-hydrogen) atoms. The topological polar surface area (TPSA) is 78.6 Å². The van der Waals surface area contributed by atoms with Crippen molar-refractivity contribution in [2.45, 2.75) is 9.79 Å². The van der Waals surface area contributed by atoms with Gasteiger partial charge in [-0.05, 0) is 30.3 Å². The quantitative estimate of drug-likeness (QED) is 0.690. The summed E-state index contributed by atoms with van der Waals surface area (Å²) < 4.78 is 9.54. The summed E-state index contributed by atoms with van der Waals surface area (Å²) in [4.78, 5) is 25.0. The van der Waals surface area contributed by atoms with Gasteiger partial charge < -0.3 is 15.2 Å². The van der Waals surface area contributed by atoms with E-state index in [4.69, 9.17) is 15.2 Å². The third kappa shape index (κ3) is 3.40. The van der Waals surface area contributed by atoms with Gasteiger partial charge in [0, 0.05) is 15.5 Å². The highest BCUT2D eigenvalue weighted by atomic mass is 32.2. The summed E-state index contributed by atoms with van der Waals surface area (Å²) in [6, 6.07) is 12.0. The standard InChI is InChI=1S/C16H15NO4S/c1-20-15(18)11-5-3-4-6-13(11)22-14-8-7-10(17)9-12(14)16(19)21-2/h3-9H,17H2,1-2H3. The number of ether oxygens (including phenoxy) is 2. The number of esters is 2. The van der Waals surface area contributed by atoms with Gasteiger partial charge in [-0.25, -0.2) is 9.59 Å². The van der Waals surface area contributed by atoms with Gasteiger partial charge >= 0.3 is 11.9 Å². The molecule has 6 heteroatoms. The Bertz CT molecular complexity index is 715. The maximum absolute atomic E-state index is 11.9. The van der Waals surface area contributed by atoms with Crippen LogP contribution < -0.4 is 5.73 Å². The van der Waals surface area contributed by atoms with E-state index in [1.807, 2.05) is 6.07 Å². The van der Waals surface area contributed by atoms with E-state index in [2.05, 4.69) is 0 Å². The number of carbonyl (C=O) groups excluding carboxylic acids is 2. The van der Waals surface area contributed by atoms with Crippen LogP contribution in [0.25, 0.3) is 0 Å². The predicted octanol–water partition coefficient (Wildman–Crippen LogP) is 2.99. The summed E-state index contributed by atoms with van der Waals surface area (Å²) in [6.07, 6.45) is 0. The molecule has 5 nitrogen and oxygen atoms in total. The number of nitrogen functional groups attached to an aromatic ring is 1. The van der Waals surface area contributed by atoms with Crippen molar-refractivity contribution >= 4 is 29.4 Å². The van der Waals surface area contributed by atoms with Crippen molar-refractivity contribution in [3.05, 3.63) is 53.6 Å². The van der Waals surface area contributed by atoms with Gasteiger partial charge in [-0.3, -0.25) is 0 Å². The molecule has 0 heterocycles. The molecule has 114 valence electrons. The molecule has 0 aliphatic heterocycles. The lowest BCUT2D eigenvalue weighted by atomic mass is 10.2. The molecule has 0 aliphatic carbocycles. The van der Waals surface area contributed by atoms with E-state index in [-0.39, 0.29) is 0 Å². The molecular weight excluding hydrogens is 302 g/mol. The normalized spacial score (nSPS) is 10.1. The molecule has 0 aliphatic rings. The molecule has 0 radical (unpaired) electrons. The lowest BCUT2D eigenvalue weighted by Crippen LogP contribution is -2.05. The first-order valence-corrected chi connectivity index (χ1v) is 7.21. The zero-order valence-corrected chi connectivity index (χ0v) is 13.0. The van der Waals surface area contributed by atoms with Crippen LogP contribution in [0.4, 0.5) is 5.69 Å². The average Bonchev–Trinajstić information content (AvgIpc) is 2.55. The monoisotopic (exact) mass is 317 g/mol. The molecule has 2 N–H and O–H groups in total. The molecule has 0 saturated carbocycles. The summed E-state index contributed by atoms with van der Waals surface area (Å²) in [7, 11) is 2.63. The van der Waals surface area contributed by atoms with Gasteiger partial charge in [0.05, 0.1) is 25.3 Å². The van der Waals surface area contributed by atoms with E-state index >= 15 is 0 Å². The van der Waals surface area contributed by atoms with Gasteiger partial charge in [-0.1, -0.05) is 23.9 Å². The smallest absolute Gasteiger partial charge is 0.339 e. The number of methoxy groups -OCH3 is 2. The van der Waals surface area contributed by atoms with Crippen LogP contribution in [0.1, 0.15) is 20.7 Å². The van der Waals surface area contributed by atoms with Crippen LogP contribution in [-0.2, 0) is 9.47 Å². The number of hydrogen-bond acceptors (Lipinski definition) is 6. The van der Waals surface area contributed by atoms with E-state index < -0.39 is 11.9 Å². The number of rotatable bonds is 4. The summed E-state index contributed by atoms with van der Waals surface area (Å²) in [5.41, 5.74) is 6.97. The Balaban J connectivity index is 2.44. The Morgan fingerprint density at radius 2 is 1.50 bits per heavy atom. The molecule has 0 bridgehead atoms. The number of carbonyl (C=O) groups is 2. The molecule has 0 atom stereocenters. The van der Waals surface area contributed by atoms with Crippen LogP contribution in [-0.4, -0.2) is 26.2 Å². The lowest BCUT2D eigenvalue weighted by Gasteiger charge is -2.11. The fraction of sp³-hybridized carbons (Fsp3) is 0.125. The van der Waals surface area contributed by atoms with Crippen molar-refractivity contribution < 1.29 is 19.1 Å².